The van der Waals surface area contributed by atoms with Crippen LogP contribution in [0, 0.1) is 0 Å². The van der Waals surface area contributed by atoms with E-state index in [9.17, 15) is 18.0 Å². The fourth-order valence-corrected chi connectivity index (χ4v) is 2.60. The number of hydrogen-bond donors (Lipinski definition) is 2. The maximum absolute atomic E-state index is 12.8. The van der Waals surface area contributed by atoms with Crippen LogP contribution in [0.2, 0.25) is 0 Å². The van der Waals surface area contributed by atoms with Crippen molar-refractivity contribution >= 4 is 43.9 Å². The summed E-state index contributed by atoms with van der Waals surface area (Å²) in [5.41, 5.74) is 0.359. The van der Waals surface area contributed by atoms with Crippen LogP contribution in [0.4, 0.5) is 23.9 Å². The zero-order chi connectivity index (χ0) is 14.9. The lowest BCUT2D eigenvalue weighted by atomic mass is 10.2. The molecule has 0 unspecified atom stereocenters. The van der Waals surface area contributed by atoms with Crippen molar-refractivity contribution in [3.05, 3.63) is 39.4 Å². The predicted octanol–water partition coefficient (Wildman–Crippen LogP) is 4.37. The number of alkyl halides is 3. The van der Waals surface area contributed by atoms with Crippen molar-refractivity contribution in [3.8, 4) is 0 Å². The highest BCUT2D eigenvalue weighted by molar-refractivity contribution is 9.10. The maximum Gasteiger partial charge on any atom is 0.417 e. The summed E-state index contributed by atoms with van der Waals surface area (Å²) >= 11 is 3.82. The zero-order valence-corrected chi connectivity index (χ0v) is 11.9. The monoisotopic (exact) mass is 366 g/mol. The second-order valence-corrected chi connectivity index (χ2v) is 5.36. The third kappa shape index (κ3) is 3.10. The lowest BCUT2D eigenvalue weighted by molar-refractivity contribution is -0.138. The van der Waals surface area contributed by atoms with E-state index < -0.39 is 17.7 Å². The minimum Gasteiger partial charge on any atom is -0.476 e. The Hall–Kier alpha value is -1.61. The molecule has 9 heteroatoms. The van der Waals surface area contributed by atoms with E-state index in [1.165, 1.54) is 17.6 Å². The fourth-order valence-electron chi connectivity index (χ4n) is 1.44. The van der Waals surface area contributed by atoms with E-state index >= 15 is 0 Å². The predicted molar refractivity (Wildman–Crippen MR) is 71.5 cm³/mol. The van der Waals surface area contributed by atoms with E-state index in [1.54, 1.807) is 0 Å². The fraction of sp³-hybridized carbons (Fsp3) is 0.0909. The van der Waals surface area contributed by atoms with E-state index in [-0.39, 0.29) is 20.9 Å². The van der Waals surface area contributed by atoms with Gasteiger partial charge in [-0.1, -0.05) is 15.9 Å². The van der Waals surface area contributed by atoms with Crippen molar-refractivity contribution in [2.75, 3.05) is 5.32 Å². The van der Waals surface area contributed by atoms with Crippen molar-refractivity contribution in [1.82, 2.24) is 4.98 Å². The Kier molecular flexibility index (Phi) is 4.00. The smallest absolute Gasteiger partial charge is 0.417 e. The van der Waals surface area contributed by atoms with Gasteiger partial charge < -0.3 is 10.4 Å². The summed E-state index contributed by atoms with van der Waals surface area (Å²) in [6, 6.07) is 3.55. The van der Waals surface area contributed by atoms with Crippen LogP contribution < -0.4 is 5.32 Å². The number of thiazole rings is 1. The Bertz CT molecular complexity index is 657. The Morgan fingerprint density at radius 2 is 2.10 bits per heavy atom. The number of carbonyl (C=O) groups is 1. The lowest BCUT2D eigenvalue weighted by Crippen LogP contribution is -2.07. The van der Waals surface area contributed by atoms with Gasteiger partial charge in [-0.3, -0.25) is 0 Å². The Balaban J connectivity index is 2.35. The number of halogens is 4. The number of hydrogen-bond acceptors (Lipinski definition) is 4. The third-order valence-electron chi connectivity index (χ3n) is 2.30. The number of nitrogens with zero attached hydrogens (tertiary/aromatic N) is 1. The molecule has 2 aromatic rings. The average molecular weight is 367 g/mol. The second-order valence-electron chi connectivity index (χ2n) is 3.65. The van der Waals surface area contributed by atoms with Gasteiger partial charge in [-0.15, -0.1) is 11.3 Å². The van der Waals surface area contributed by atoms with Crippen LogP contribution in [-0.2, 0) is 6.18 Å². The number of carboxylic acids is 1. The highest BCUT2D eigenvalue weighted by Gasteiger charge is 2.33. The quantitative estimate of drug-likeness (QED) is 0.846. The van der Waals surface area contributed by atoms with Crippen molar-refractivity contribution in [2.24, 2.45) is 0 Å². The third-order valence-corrected chi connectivity index (χ3v) is 3.73. The first kappa shape index (κ1) is 14.8. The largest absolute Gasteiger partial charge is 0.476 e. The van der Waals surface area contributed by atoms with Crippen LogP contribution in [0.3, 0.4) is 0 Å². The second kappa shape index (κ2) is 5.41. The summed E-state index contributed by atoms with van der Waals surface area (Å²) in [5, 5.41) is 11.7. The first-order valence-electron chi connectivity index (χ1n) is 5.09. The van der Waals surface area contributed by atoms with Crippen molar-refractivity contribution in [1.29, 1.82) is 0 Å². The minimum absolute atomic E-state index is 0.0849. The standard InChI is InChI=1S/C11H6BrF3N2O2S/c12-7-2-1-5(3-6(7)11(13,14)15)17-9-8(10(18)19)16-4-20-9/h1-4,17H,(H,18,19). The van der Waals surface area contributed by atoms with Gasteiger partial charge in [0.05, 0.1) is 11.1 Å². The number of rotatable bonds is 3. The molecule has 0 saturated heterocycles. The van der Waals surface area contributed by atoms with E-state index in [4.69, 9.17) is 5.11 Å². The van der Waals surface area contributed by atoms with Gasteiger partial charge in [0.25, 0.3) is 0 Å². The zero-order valence-electron chi connectivity index (χ0n) is 9.53. The molecule has 0 radical (unpaired) electrons. The molecule has 2 rings (SSSR count). The van der Waals surface area contributed by atoms with E-state index in [1.807, 2.05) is 0 Å². The molecule has 1 heterocycles. The van der Waals surface area contributed by atoms with Crippen molar-refractivity contribution in [3.63, 3.8) is 0 Å². The molecular weight excluding hydrogens is 361 g/mol. The normalized spacial score (nSPS) is 11.4. The molecule has 0 aliphatic carbocycles. The van der Waals surface area contributed by atoms with Gasteiger partial charge in [0.1, 0.15) is 5.00 Å². The van der Waals surface area contributed by atoms with Gasteiger partial charge >= 0.3 is 12.1 Å². The van der Waals surface area contributed by atoms with Gasteiger partial charge in [0, 0.05) is 10.2 Å². The molecule has 1 aromatic carbocycles. The summed E-state index contributed by atoms with van der Waals surface area (Å²) in [4.78, 5) is 14.5. The molecule has 4 nitrogen and oxygen atoms in total. The van der Waals surface area contributed by atoms with Crippen LogP contribution in [0.15, 0.2) is 28.2 Å². The molecule has 0 bridgehead atoms. The molecule has 0 spiro atoms. The number of nitrogens with one attached hydrogen (secondary N) is 1. The van der Waals surface area contributed by atoms with Gasteiger partial charge in [-0.05, 0) is 18.2 Å². The molecule has 0 atom stereocenters. The van der Waals surface area contributed by atoms with Gasteiger partial charge in [0.2, 0.25) is 0 Å². The summed E-state index contributed by atoms with van der Waals surface area (Å²) < 4.78 is 38.2. The van der Waals surface area contributed by atoms with E-state index in [0.717, 1.165) is 17.4 Å². The van der Waals surface area contributed by atoms with Gasteiger partial charge in [0.15, 0.2) is 5.69 Å². The molecule has 0 saturated carbocycles. The maximum atomic E-state index is 12.8. The molecule has 2 N–H and O–H groups in total. The Labute approximate surface area is 123 Å². The van der Waals surface area contributed by atoms with Crippen LogP contribution in [0.25, 0.3) is 0 Å². The Morgan fingerprint density at radius 3 is 2.70 bits per heavy atom. The van der Waals surface area contributed by atoms with Gasteiger partial charge in [-0.2, -0.15) is 13.2 Å². The van der Waals surface area contributed by atoms with E-state index in [0.29, 0.717) is 0 Å². The average Bonchev–Trinajstić information content (AvgIpc) is 2.78. The number of aromatic nitrogens is 1. The first-order valence-corrected chi connectivity index (χ1v) is 6.77. The molecule has 0 fully saturated rings. The van der Waals surface area contributed by atoms with Crippen LogP contribution in [0.5, 0.6) is 0 Å². The summed E-state index contributed by atoms with van der Waals surface area (Å²) in [6.07, 6.45) is -4.50. The molecule has 106 valence electrons. The first-order chi connectivity index (χ1) is 9.29. The number of carboxylic acid groups (broad SMARTS) is 1. The van der Waals surface area contributed by atoms with E-state index in [2.05, 4.69) is 26.2 Å². The SMILES string of the molecule is O=C(O)c1ncsc1Nc1ccc(Br)c(C(F)(F)F)c1. The number of benzene rings is 1. The highest BCUT2D eigenvalue weighted by atomic mass is 79.9. The molecule has 0 aliphatic heterocycles. The highest BCUT2D eigenvalue weighted by Crippen LogP contribution is 2.37. The van der Waals surface area contributed by atoms with Crippen LogP contribution in [0.1, 0.15) is 16.1 Å². The molecule has 20 heavy (non-hydrogen) atoms. The summed E-state index contributed by atoms with van der Waals surface area (Å²) in [7, 11) is 0. The van der Waals surface area contributed by atoms with Gasteiger partial charge in [-0.25, -0.2) is 9.78 Å². The summed E-state index contributed by atoms with van der Waals surface area (Å²) in [5.74, 6) is -1.25. The van der Waals surface area contributed by atoms with Crippen molar-refractivity contribution < 1.29 is 23.1 Å². The lowest BCUT2D eigenvalue weighted by Gasteiger charge is -2.12. The topological polar surface area (TPSA) is 62.2 Å². The molecular formula is C11H6BrF3N2O2S. The van der Waals surface area contributed by atoms with Crippen LogP contribution >= 0.6 is 27.3 Å². The molecule has 0 aliphatic rings. The van der Waals surface area contributed by atoms with Crippen molar-refractivity contribution in [2.45, 2.75) is 6.18 Å². The number of anilines is 2. The number of aromatic carboxylic acids is 1. The molecule has 0 amide bonds. The van der Waals surface area contributed by atoms with Crippen LogP contribution in [-0.4, -0.2) is 16.1 Å². The molecule has 1 aromatic heterocycles. The summed E-state index contributed by atoms with van der Waals surface area (Å²) in [6.45, 7) is 0. The Morgan fingerprint density at radius 1 is 1.40 bits per heavy atom. The minimum atomic E-state index is -4.50.